The number of hydrogen-bond donors (Lipinski definition) is 2. The van der Waals surface area contributed by atoms with E-state index in [1.165, 1.54) is 6.21 Å². The number of pyridine rings is 1. The Morgan fingerprint density at radius 3 is 2.32 bits per heavy atom. The van der Waals surface area contributed by atoms with Gasteiger partial charge in [0.05, 0.1) is 41.9 Å². The average molecular weight is 417 g/mol. The van der Waals surface area contributed by atoms with E-state index in [0.717, 1.165) is 5.56 Å². The quantitative estimate of drug-likeness (QED) is 0.348. The average Bonchev–Trinajstić information content (AvgIpc) is 2.79. The van der Waals surface area contributed by atoms with Crippen LogP contribution in [0, 0.1) is 6.92 Å². The summed E-state index contributed by atoms with van der Waals surface area (Å²) in [6, 6.07) is 18.3. The first-order valence-corrected chi connectivity index (χ1v) is 9.82. The number of nitrogens with zero attached hydrogens (tertiary/aromatic N) is 2. The van der Waals surface area contributed by atoms with Gasteiger partial charge in [0.1, 0.15) is 0 Å². The maximum absolute atomic E-state index is 13.1. The van der Waals surface area contributed by atoms with Crippen LogP contribution in [0.15, 0.2) is 65.8 Å². The van der Waals surface area contributed by atoms with Crippen LogP contribution in [0.25, 0.3) is 11.1 Å². The second-order valence-corrected chi connectivity index (χ2v) is 6.62. The summed E-state index contributed by atoms with van der Waals surface area (Å²) in [6.07, 6.45) is 1.51. The lowest BCUT2D eigenvalue weighted by Crippen LogP contribution is -2.24. The molecule has 1 aromatic heterocycles. The van der Waals surface area contributed by atoms with Gasteiger partial charge in [-0.1, -0.05) is 60.7 Å². The van der Waals surface area contributed by atoms with Gasteiger partial charge in [-0.15, -0.1) is 0 Å². The van der Waals surface area contributed by atoms with E-state index < -0.39 is 18.5 Å². The van der Waals surface area contributed by atoms with Crippen LogP contribution in [0.4, 0.5) is 0 Å². The predicted octanol–water partition coefficient (Wildman–Crippen LogP) is 3.49. The minimum Gasteiger partial charge on any atom is -0.462 e. The number of carbonyl (C=O) groups is 2. The molecule has 0 unspecified atom stereocenters. The molecule has 2 N–H and O–H groups in total. The summed E-state index contributed by atoms with van der Waals surface area (Å²) in [5.74, 6) is -1.18. The van der Waals surface area contributed by atoms with E-state index in [0.29, 0.717) is 16.8 Å². The molecule has 7 heteroatoms. The van der Waals surface area contributed by atoms with Gasteiger partial charge in [0.15, 0.2) is 0 Å². The molecule has 1 heterocycles. The van der Waals surface area contributed by atoms with Crippen molar-refractivity contribution >= 4 is 18.1 Å². The van der Waals surface area contributed by atoms with Crippen molar-refractivity contribution < 1.29 is 19.4 Å². The molecule has 3 aromatic rings. The van der Waals surface area contributed by atoms with Gasteiger partial charge < -0.3 is 9.84 Å². The molecule has 0 atom stereocenters. The van der Waals surface area contributed by atoms with E-state index >= 15 is 0 Å². The molecule has 0 radical (unpaired) electrons. The summed E-state index contributed by atoms with van der Waals surface area (Å²) in [4.78, 5) is 30.2. The number of hydrogen-bond acceptors (Lipinski definition) is 6. The van der Waals surface area contributed by atoms with Gasteiger partial charge in [0.25, 0.3) is 5.91 Å². The van der Waals surface area contributed by atoms with Gasteiger partial charge in [0.2, 0.25) is 0 Å². The molecule has 31 heavy (non-hydrogen) atoms. The number of hydrazone groups is 1. The third-order valence-electron chi connectivity index (χ3n) is 4.55. The summed E-state index contributed by atoms with van der Waals surface area (Å²) < 4.78 is 5.22. The van der Waals surface area contributed by atoms with Crippen molar-refractivity contribution in [3.05, 3.63) is 88.7 Å². The lowest BCUT2D eigenvalue weighted by atomic mass is 9.92. The standard InChI is InChI=1S/C24H23N3O4/c1-3-31-24(30)20-16(2)26-19(15-28)22(21(20)18-12-8-5-9-13-18)23(29)27-25-14-17-10-6-4-7-11-17/h4-14,28H,3,15H2,1-2H3,(H,27,29)/b25-14-. The number of carbonyl (C=O) groups excluding carboxylic acids is 2. The molecule has 3 rings (SSSR count). The Balaban J connectivity index is 2.13. The minimum atomic E-state index is -0.590. The van der Waals surface area contributed by atoms with Crippen molar-refractivity contribution in [1.29, 1.82) is 0 Å². The van der Waals surface area contributed by atoms with Crippen LogP contribution >= 0.6 is 0 Å². The smallest absolute Gasteiger partial charge is 0.340 e. The van der Waals surface area contributed by atoms with Crippen molar-refractivity contribution in [2.75, 3.05) is 6.61 Å². The van der Waals surface area contributed by atoms with Gasteiger partial charge in [0, 0.05) is 5.56 Å². The van der Waals surface area contributed by atoms with E-state index in [9.17, 15) is 14.7 Å². The second kappa shape index (κ2) is 10.3. The van der Waals surface area contributed by atoms with Gasteiger partial charge in [-0.05, 0) is 25.0 Å². The van der Waals surface area contributed by atoms with E-state index in [-0.39, 0.29) is 23.4 Å². The number of aliphatic hydroxyl groups excluding tert-OH is 1. The monoisotopic (exact) mass is 417 g/mol. The summed E-state index contributed by atoms with van der Waals surface area (Å²) in [7, 11) is 0. The predicted molar refractivity (Wildman–Crippen MR) is 118 cm³/mol. The number of aliphatic hydroxyl groups is 1. The molecule has 7 nitrogen and oxygen atoms in total. The molecule has 0 aliphatic heterocycles. The highest BCUT2D eigenvalue weighted by Gasteiger charge is 2.27. The first kappa shape index (κ1) is 21.9. The van der Waals surface area contributed by atoms with E-state index in [2.05, 4.69) is 15.5 Å². The molecule has 0 aliphatic carbocycles. The molecular weight excluding hydrogens is 394 g/mol. The minimum absolute atomic E-state index is 0.0764. The van der Waals surface area contributed by atoms with Crippen LogP contribution in [0.3, 0.4) is 0 Å². The van der Waals surface area contributed by atoms with Crippen molar-refractivity contribution in [2.45, 2.75) is 20.5 Å². The maximum Gasteiger partial charge on any atom is 0.340 e. The summed E-state index contributed by atoms with van der Waals surface area (Å²) in [5, 5.41) is 13.9. The number of benzene rings is 2. The first-order chi connectivity index (χ1) is 15.1. The van der Waals surface area contributed by atoms with Crippen molar-refractivity contribution in [2.24, 2.45) is 5.10 Å². The van der Waals surface area contributed by atoms with E-state index in [4.69, 9.17) is 4.74 Å². The molecule has 1 amide bonds. The SMILES string of the molecule is CCOC(=O)c1c(C)nc(CO)c(C(=O)N/N=C\c2ccccc2)c1-c1ccccc1. The number of amides is 1. The van der Waals surface area contributed by atoms with Crippen molar-refractivity contribution in [3.8, 4) is 11.1 Å². The zero-order valence-electron chi connectivity index (χ0n) is 17.3. The lowest BCUT2D eigenvalue weighted by molar-refractivity contribution is 0.0525. The fourth-order valence-electron chi connectivity index (χ4n) is 3.23. The summed E-state index contributed by atoms with van der Waals surface area (Å²) in [5.41, 5.74) is 5.04. The lowest BCUT2D eigenvalue weighted by Gasteiger charge is -2.18. The van der Waals surface area contributed by atoms with E-state index in [1.54, 1.807) is 38.1 Å². The Labute approximate surface area is 180 Å². The number of rotatable bonds is 7. The van der Waals surface area contributed by atoms with Crippen molar-refractivity contribution in [3.63, 3.8) is 0 Å². The van der Waals surface area contributed by atoms with Crippen LogP contribution in [0.2, 0.25) is 0 Å². The molecule has 0 bridgehead atoms. The zero-order valence-corrected chi connectivity index (χ0v) is 17.3. The highest BCUT2D eigenvalue weighted by molar-refractivity contribution is 6.09. The number of nitrogens with one attached hydrogen (secondary N) is 1. The molecule has 0 fully saturated rings. The van der Waals surface area contributed by atoms with Crippen LogP contribution in [0.5, 0.6) is 0 Å². The Morgan fingerprint density at radius 2 is 1.71 bits per heavy atom. The maximum atomic E-state index is 13.1. The van der Waals surface area contributed by atoms with Gasteiger partial charge in [-0.2, -0.15) is 5.10 Å². The fourth-order valence-corrected chi connectivity index (χ4v) is 3.23. The fraction of sp³-hybridized carbons (Fsp3) is 0.167. The molecule has 0 saturated carbocycles. The zero-order chi connectivity index (χ0) is 22.2. The Kier molecular flexibility index (Phi) is 7.24. The number of aromatic nitrogens is 1. The normalized spacial score (nSPS) is 10.8. The number of esters is 1. The third-order valence-corrected chi connectivity index (χ3v) is 4.55. The van der Waals surface area contributed by atoms with Crippen LogP contribution in [-0.4, -0.2) is 34.8 Å². The van der Waals surface area contributed by atoms with Crippen LogP contribution in [0.1, 0.15) is 44.6 Å². The molecular formula is C24H23N3O4. The van der Waals surface area contributed by atoms with Crippen LogP contribution < -0.4 is 5.43 Å². The second-order valence-electron chi connectivity index (χ2n) is 6.62. The molecule has 0 aliphatic rings. The number of aryl methyl sites for hydroxylation is 1. The Morgan fingerprint density at radius 1 is 1.06 bits per heavy atom. The van der Waals surface area contributed by atoms with Gasteiger partial charge >= 0.3 is 5.97 Å². The highest BCUT2D eigenvalue weighted by Crippen LogP contribution is 2.32. The topological polar surface area (TPSA) is 101 Å². The van der Waals surface area contributed by atoms with Gasteiger partial charge in [-0.25, -0.2) is 10.2 Å². The van der Waals surface area contributed by atoms with E-state index in [1.807, 2.05) is 36.4 Å². The van der Waals surface area contributed by atoms with Crippen LogP contribution in [-0.2, 0) is 11.3 Å². The molecule has 0 spiro atoms. The first-order valence-electron chi connectivity index (χ1n) is 9.82. The number of ether oxygens (including phenoxy) is 1. The largest absolute Gasteiger partial charge is 0.462 e. The molecule has 158 valence electrons. The van der Waals surface area contributed by atoms with Gasteiger partial charge in [-0.3, -0.25) is 9.78 Å². The Bertz CT molecular complexity index is 1100. The summed E-state index contributed by atoms with van der Waals surface area (Å²) in [6.45, 7) is 3.05. The molecule has 0 saturated heterocycles. The summed E-state index contributed by atoms with van der Waals surface area (Å²) >= 11 is 0. The Hall–Kier alpha value is -3.84. The highest BCUT2D eigenvalue weighted by atomic mass is 16.5. The third kappa shape index (κ3) is 5.02. The molecule has 2 aromatic carbocycles. The van der Waals surface area contributed by atoms with Crippen molar-refractivity contribution in [1.82, 2.24) is 10.4 Å².